The van der Waals surface area contributed by atoms with Gasteiger partial charge in [-0.05, 0) is 38.0 Å². The van der Waals surface area contributed by atoms with E-state index in [0.29, 0.717) is 30.2 Å². The molecule has 1 amide bonds. The number of nitrogens with one attached hydrogen (secondary N) is 1. The maximum Gasteiger partial charge on any atom is 0.285 e. The van der Waals surface area contributed by atoms with Gasteiger partial charge >= 0.3 is 0 Å². The Morgan fingerprint density at radius 2 is 2.06 bits per heavy atom. The van der Waals surface area contributed by atoms with Gasteiger partial charge in [0.05, 0.1) is 23.5 Å². The number of benzene rings is 1. The molecular formula is C21H22N6O3S. The Labute approximate surface area is 179 Å². The molecule has 160 valence electrons. The van der Waals surface area contributed by atoms with Gasteiger partial charge in [-0.25, -0.2) is 4.98 Å². The topological polar surface area (TPSA) is 110 Å². The lowest BCUT2D eigenvalue weighted by Gasteiger charge is -2.33. The molecule has 2 aliphatic rings. The summed E-state index contributed by atoms with van der Waals surface area (Å²) >= 11 is 0. The second-order valence-corrected chi connectivity index (χ2v) is 9.54. The standard InChI is InChI=1S/C21H22N6O3S/c1-13-17-10-15(11-22-19(17)26(2)24-13)23-21(28)14-6-5-9-27(12-14)20-16-7-3-4-8-18(16)31(29,30)25-20/h3-4,7-8,10-11,14H,5-6,9,12H2,1-2H3,(H,23,28). The van der Waals surface area contributed by atoms with E-state index in [9.17, 15) is 13.2 Å². The Kier molecular flexibility index (Phi) is 4.54. The van der Waals surface area contributed by atoms with Crippen molar-refractivity contribution < 1.29 is 13.2 Å². The van der Waals surface area contributed by atoms with Gasteiger partial charge in [0, 0.05) is 31.1 Å². The van der Waals surface area contributed by atoms with E-state index in [-0.39, 0.29) is 16.7 Å². The van der Waals surface area contributed by atoms with Gasteiger partial charge in [-0.15, -0.1) is 4.40 Å². The smallest absolute Gasteiger partial charge is 0.285 e. The summed E-state index contributed by atoms with van der Waals surface area (Å²) in [4.78, 5) is 19.5. The summed E-state index contributed by atoms with van der Waals surface area (Å²) in [5.41, 5.74) is 2.84. The monoisotopic (exact) mass is 438 g/mol. The predicted octanol–water partition coefficient (Wildman–Crippen LogP) is 2.08. The number of carbonyl (C=O) groups is 1. The van der Waals surface area contributed by atoms with E-state index < -0.39 is 10.0 Å². The summed E-state index contributed by atoms with van der Waals surface area (Å²) in [6, 6.07) is 8.70. The Balaban J connectivity index is 1.35. The summed E-state index contributed by atoms with van der Waals surface area (Å²) in [6.07, 6.45) is 3.13. The van der Waals surface area contributed by atoms with Crippen molar-refractivity contribution in [1.29, 1.82) is 0 Å². The Morgan fingerprint density at radius 3 is 2.90 bits per heavy atom. The number of aryl methyl sites for hydroxylation is 2. The highest BCUT2D eigenvalue weighted by Gasteiger charge is 2.35. The van der Waals surface area contributed by atoms with Crippen LogP contribution in [0.2, 0.25) is 0 Å². The van der Waals surface area contributed by atoms with Crippen LogP contribution in [0.3, 0.4) is 0 Å². The van der Waals surface area contributed by atoms with E-state index in [1.165, 1.54) is 0 Å². The molecule has 0 saturated carbocycles. The van der Waals surface area contributed by atoms with Gasteiger partial charge in [0.25, 0.3) is 10.0 Å². The molecule has 1 unspecified atom stereocenters. The summed E-state index contributed by atoms with van der Waals surface area (Å²) in [7, 11) is -1.85. The molecule has 0 radical (unpaired) electrons. The minimum Gasteiger partial charge on any atom is -0.355 e. The van der Waals surface area contributed by atoms with E-state index in [4.69, 9.17) is 0 Å². The summed E-state index contributed by atoms with van der Waals surface area (Å²) < 4.78 is 30.5. The molecule has 0 aliphatic carbocycles. The highest BCUT2D eigenvalue weighted by molar-refractivity contribution is 7.90. The number of piperidine rings is 1. The maximum absolute atomic E-state index is 13.0. The van der Waals surface area contributed by atoms with Crippen LogP contribution >= 0.6 is 0 Å². The van der Waals surface area contributed by atoms with Crippen LogP contribution in [0.25, 0.3) is 11.0 Å². The molecule has 5 rings (SSSR count). The van der Waals surface area contributed by atoms with Gasteiger partial charge in [0.1, 0.15) is 4.90 Å². The lowest BCUT2D eigenvalue weighted by molar-refractivity contribution is -0.121. The fraction of sp³-hybridized carbons (Fsp3) is 0.333. The number of pyridine rings is 1. The Hall–Kier alpha value is -3.27. The third-order valence-corrected chi connectivity index (χ3v) is 7.16. The molecule has 2 aliphatic heterocycles. The number of rotatable bonds is 2. The van der Waals surface area contributed by atoms with Crippen LogP contribution in [0.5, 0.6) is 0 Å². The van der Waals surface area contributed by atoms with Crippen LogP contribution in [-0.4, -0.2) is 52.9 Å². The molecule has 10 heteroatoms. The molecule has 9 nitrogen and oxygen atoms in total. The lowest BCUT2D eigenvalue weighted by atomic mass is 9.96. The number of fused-ring (bicyclic) bond motifs is 2. The van der Waals surface area contributed by atoms with Crippen molar-refractivity contribution in [1.82, 2.24) is 19.7 Å². The normalized spacial score (nSPS) is 19.9. The number of sulfonamides is 1. The Morgan fingerprint density at radius 1 is 1.26 bits per heavy atom. The minimum atomic E-state index is -3.68. The molecule has 0 spiro atoms. The van der Waals surface area contributed by atoms with Crippen molar-refractivity contribution in [2.24, 2.45) is 17.4 Å². The zero-order valence-electron chi connectivity index (χ0n) is 17.2. The number of nitrogens with zero attached hydrogens (tertiary/aromatic N) is 5. The molecule has 1 fully saturated rings. The lowest BCUT2D eigenvalue weighted by Crippen LogP contribution is -2.43. The fourth-order valence-electron chi connectivity index (χ4n) is 4.32. The maximum atomic E-state index is 13.0. The van der Waals surface area contributed by atoms with Crippen molar-refractivity contribution in [2.45, 2.75) is 24.7 Å². The van der Waals surface area contributed by atoms with Crippen molar-refractivity contribution in [3.63, 3.8) is 0 Å². The summed E-state index contributed by atoms with van der Waals surface area (Å²) in [6.45, 7) is 2.98. The molecule has 1 N–H and O–H groups in total. The second kappa shape index (κ2) is 7.16. The molecule has 4 heterocycles. The average Bonchev–Trinajstić information content (AvgIpc) is 3.20. The van der Waals surface area contributed by atoms with Crippen LogP contribution in [0.4, 0.5) is 5.69 Å². The number of hydrogen-bond donors (Lipinski definition) is 1. The highest BCUT2D eigenvalue weighted by Crippen LogP contribution is 2.30. The number of anilines is 1. The van der Waals surface area contributed by atoms with E-state index in [1.807, 2.05) is 24.9 Å². The molecule has 2 aromatic heterocycles. The first kappa shape index (κ1) is 19.7. The summed E-state index contributed by atoms with van der Waals surface area (Å²) in [5.74, 6) is 0.0434. The molecule has 31 heavy (non-hydrogen) atoms. The third kappa shape index (κ3) is 3.36. The largest absolute Gasteiger partial charge is 0.355 e. The van der Waals surface area contributed by atoms with Crippen LogP contribution in [0, 0.1) is 12.8 Å². The molecule has 1 atom stereocenters. The van der Waals surface area contributed by atoms with Crippen molar-refractivity contribution in [3.8, 4) is 0 Å². The molecular weight excluding hydrogens is 416 g/mol. The zero-order valence-corrected chi connectivity index (χ0v) is 18.1. The molecule has 1 saturated heterocycles. The van der Waals surface area contributed by atoms with E-state index in [1.54, 1.807) is 35.1 Å². The first-order valence-corrected chi connectivity index (χ1v) is 11.6. The van der Waals surface area contributed by atoms with E-state index in [0.717, 1.165) is 29.6 Å². The van der Waals surface area contributed by atoms with Crippen LogP contribution < -0.4 is 5.32 Å². The first-order valence-electron chi connectivity index (χ1n) is 10.1. The SMILES string of the molecule is Cc1nn(C)c2ncc(NC(=O)C3CCCN(C4=NS(=O)(=O)c5ccccc54)C3)cc12. The molecule has 3 aromatic rings. The third-order valence-electron chi connectivity index (χ3n) is 5.83. The van der Waals surface area contributed by atoms with E-state index in [2.05, 4.69) is 19.8 Å². The minimum absolute atomic E-state index is 0.109. The van der Waals surface area contributed by atoms with Crippen LogP contribution in [-0.2, 0) is 21.9 Å². The fourth-order valence-corrected chi connectivity index (χ4v) is 5.55. The van der Waals surface area contributed by atoms with Crippen molar-refractivity contribution in [3.05, 3.63) is 47.8 Å². The van der Waals surface area contributed by atoms with E-state index >= 15 is 0 Å². The van der Waals surface area contributed by atoms with Gasteiger partial charge in [-0.3, -0.25) is 9.48 Å². The van der Waals surface area contributed by atoms with Gasteiger partial charge in [0.2, 0.25) is 5.91 Å². The molecule has 1 aromatic carbocycles. The highest BCUT2D eigenvalue weighted by atomic mass is 32.2. The number of amides is 1. The number of amidine groups is 1. The Bertz CT molecular complexity index is 1340. The van der Waals surface area contributed by atoms with Gasteiger partial charge in [-0.1, -0.05) is 12.1 Å². The average molecular weight is 439 g/mol. The number of hydrogen-bond acceptors (Lipinski definition) is 6. The number of likely N-dealkylation sites (tertiary alicyclic amines) is 1. The second-order valence-electron chi connectivity index (χ2n) is 7.96. The van der Waals surface area contributed by atoms with Gasteiger partial charge in [-0.2, -0.15) is 13.5 Å². The van der Waals surface area contributed by atoms with Gasteiger partial charge in [0.15, 0.2) is 11.5 Å². The predicted molar refractivity (Wildman–Crippen MR) is 116 cm³/mol. The molecule has 0 bridgehead atoms. The first-order chi connectivity index (χ1) is 14.8. The van der Waals surface area contributed by atoms with Crippen molar-refractivity contribution in [2.75, 3.05) is 18.4 Å². The van der Waals surface area contributed by atoms with Crippen LogP contribution in [0.15, 0.2) is 45.8 Å². The van der Waals surface area contributed by atoms with Crippen LogP contribution in [0.1, 0.15) is 24.1 Å². The zero-order chi connectivity index (χ0) is 21.8. The van der Waals surface area contributed by atoms with Crippen molar-refractivity contribution >= 4 is 38.5 Å². The quantitative estimate of drug-likeness (QED) is 0.656. The summed E-state index contributed by atoms with van der Waals surface area (Å²) in [5, 5.41) is 8.22. The number of aromatic nitrogens is 3. The number of carbonyl (C=O) groups excluding carboxylic acids is 1. The van der Waals surface area contributed by atoms with Gasteiger partial charge < -0.3 is 10.2 Å².